The van der Waals surface area contributed by atoms with Crippen molar-refractivity contribution in [3.05, 3.63) is 0 Å². The lowest BCUT2D eigenvalue weighted by atomic mass is 9.86. The molecule has 1 rings (SSSR count). The second-order valence-electron chi connectivity index (χ2n) is 4.29. The molecular formula is C11H19ClN2O2. The fourth-order valence-corrected chi connectivity index (χ4v) is 2.10. The molecule has 0 heterocycles. The van der Waals surface area contributed by atoms with E-state index in [1.807, 2.05) is 0 Å². The largest absolute Gasteiger partial charge is 0.347 e. The third-order valence-electron chi connectivity index (χ3n) is 3.01. The highest BCUT2D eigenvalue weighted by Crippen LogP contribution is 2.23. The third kappa shape index (κ3) is 4.00. The molecule has 1 aliphatic rings. The van der Waals surface area contributed by atoms with Crippen molar-refractivity contribution in [1.82, 2.24) is 10.6 Å². The predicted octanol–water partition coefficient (Wildman–Crippen LogP) is 1.04. The smallest absolute Gasteiger partial charge is 0.309 e. The number of amides is 2. The molecule has 0 aromatic carbocycles. The Balaban J connectivity index is 2.34. The topological polar surface area (TPSA) is 58.2 Å². The summed E-state index contributed by atoms with van der Waals surface area (Å²) >= 11 is 5.42. The first-order chi connectivity index (χ1) is 7.65. The van der Waals surface area contributed by atoms with Gasteiger partial charge in [-0.3, -0.25) is 9.59 Å². The van der Waals surface area contributed by atoms with Crippen molar-refractivity contribution in [2.24, 2.45) is 5.92 Å². The van der Waals surface area contributed by atoms with Gasteiger partial charge in [-0.1, -0.05) is 19.8 Å². The maximum atomic E-state index is 11.5. The number of hydrogen-bond acceptors (Lipinski definition) is 2. The second kappa shape index (κ2) is 6.74. The van der Waals surface area contributed by atoms with Crippen LogP contribution in [-0.4, -0.2) is 30.3 Å². The van der Waals surface area contributed by atoms with Crippen molar-refractivity contribution in [3.63, 3.8) is 0 Å². The number of nitrogens with one attached hydrogen (secondary N) is 2. The van der Waals surface area contributed by atoms with Crippen molar-refractivity contribution < 1.29 is 9.59 Å². The molecule has 0 radical (unpaired) electrons. The quantitative estimate of drug-likeness (QED) is 0.577. The summed E-state index contributed by atoms with van der Waals surface area (Å²) in [4.78, 5) is 22.8. The number of halogens is 1. The van der Waals surface area contributed by atoms with Gasteiger partial charge in [0.2, 0.25) is 0 Å². The molecule has 0 bridgehead atoms. The van der Waals surface area contributed by atoms with Gasteiger partial charge in [-0.15, -0.1) is 11.6 Å². The Morgan fingerprint density at radius 1 is 1.25 bits per heavy atom. The number of carbonyl (C=O) groups is 2. The molecule has 1 fully saturated rings. The van der Waals surface area contributed by atoms with Crippen molar-refractivity contribution in [2.75, 3.05) is 12.4 Å². The van der Waals surface area contributed by atoms with Gasteiger partial charge >= 0.3 is 11.8 Å². The molecule has 1 aliphatic carbocycles. The number of alkyl halides is 1. The van der Waals surface area contributed by atoms with E-state index in [4.69, 9.17) is 11.6 Å². The summed E-state index contributed by atoms with van der Waals surface area (Å²) in [5, 5.41) is 5.24. The van der Waals surface area contributed by atoms with Crippen LogP contribution in [-0.2, 0) is 9.59 Å². The lowest BCUT2D eigenvalue weighted by Gasteiger charge is -2.29. The van der Waals surface area contributed by atoms with Crippen LogP contribution in [0.15, 0.2) is 0 Å². The van der Waals surface area contributed by atoms with Gasteiger partial charge in [0.25, 0.3) is 0 Å². The highest BCUT2D eigenvalue weighted by Gasteiger charge is 2.25. The van der Waals surface area contributed by atoms with Gasteiger partial charge in [0.1, 0.15) is 0 Å². The van der Waals surface area contributed by atoms with Crippen LogP contribution in [0.3, 0.4) is 0 Å². The average molecular weight is 247 g/mol. The Morgan fingerprint density at radius 3 is 2.56 bits per heavy atom. The normalized spacial score (nSPS) is 24.9. The summed E-state index contributed by atoms with van der Waals surface area (Å²) in [6.45, 7) is 2.44. The van der Waals surface area contributed by atoms with Gasteiger partial charge in [0.05, 0.1) is 0 Å². The minimum Gasteiger partial charge on any atom is -0.347 e. The Labute approximate surface area is 101 Å². The van der Waals surface area contributed by atoms with E-state index in [-0.39, 0.29) is 6.04 Å². The summed E-state index contributed by atoms with van der Waals surface area (Å²) in [6.07, 6.45) is 4.43. The monoisotopic (exact) mass is 246 g/mol. The van der Waals surface area contributed by atoms with Crippen LogP contribution >= 0.6 is 11.6 Å². The van der Waals surface area contributed by atoms with E-state index < -0.39 is 11.8 Å². The summed E-state index contributed by atoms with van der Waals surface area (Å²) in [5.74, 6) is -0.348. The van der Waals surface area contributed by atoms with Crippen LogP contribution in [0.25, 0.3) is 0 Å². The lowest BCUT2D eigenvalue weighted by molar-refractivity contribution is -0.139. The minimum absolute atomic E-state index is 0.142. The zero-order chi connectivity index (χ0) is 12.0. The molecule has 92 valence electrons. The molecule has 0 saturated heterocycles. The summed E-state index contributed by atoms with van der Waals surface area (Å²) in [5.41, 5.74) is 0. The molecule has 2 unspecified atom stereocenters. The van der Waals surface area contributed by atoms with E-state index in [0.717, 1.165) is 19.3 Å². The maximum absolute atomic E-state index is 11.5. The van der Waals surface area contributed by atoms with E-state index in [0.29, 0.717) is 18.3 Å². The Kier molecular flexibility index (Phi) is 5.60. The standard InChI is InChI=1S/C11H19ClN2O2/c1-8-4-2-3-5-9(8)14-11(16)10(15)13-7-6-12/h8-9H,2-7H2,1H3,(H,13,15)(H,14,16). The molecular weight excluding hydrogens is 228 g/mol. The van der Waals surface area contributed by atoms with Crippen molar-refractivity contribution in [2.45, 2.75) is 38.6 Å². The fraction of sp³-hybridized carbons (Fsp3) is 0.818. The van der Waals surface area contributed by atoms with Crippen LogP contribution < -0.4 is 10.6 Å². The Bertz CT molecular complexity index is 258. The molecule has 0 aliphatic heterocycles. The van der Waals surface area contributed by atoms with Crippen LogP contribution in [0.4, 0.5) is 0 Å². The van der Waals surface area contributed by atoms with Gasteiger partial charge in [0.15, 0.2) is 0 Å². The van der Waals surface area contributed by atoms with Crippen molar-refractivity contribution in [3.8, 4) is 0 Å². The first kappa shape index (κ1) is 13.3. The molecule has 0 aromatic heterocycles. The number of carbonyl (C=O) groups excluding carboxylic acids is 2. The molecule has 0 aromatic rings. The van der Waals surface area contributed by atoms with E-state index >= 15 is 0 Å². The predicted molar refractivity (Wildman–Crippen MR) is 63.3 cm³/mol. The molecule has 0 spiro atoms. The molecule has 1 saturated carbocycles. The summed E-state index contributed by atoms with van der Waals surface area (Å²) < 4.78 is 0. The van der Waals surface area contributed by atoms with Gasteiger partial charge in [-0.25, -0.2) is 0 Å². The van der Waals surface area contributed by atoms with E-state index in [1.165, 1.54) is 6.42 Å². The van der Waals surface area contributed by atoms with E-state index in [9.17, 15) is 9.59 Å². The second-order valence-corrected chi connectivity index (χ2v) is 4.66. The van der Waals surface area contributed by atoms with Crippen LogP contribution in [0.5, 0.6) is 0 Å². The van der Waals surface area contributed by atoms with Gasteiger partial charge in [0, 0.05) is 18.5 Å². The minimum atomic E-state index is -0.585. The number of rotatable bonds is 3. The molecule has 4 nitrogen and oxygen atoms in total. The zero-order valence-corrected chi connectivity index (χ0v) is 10.3. The van der Waals surface area contributed by atoms with Crippen LogP contribution in [0, 0.1) is 5.92 Å². The van der Waals surface area contributed by atoms with Gasteiger partial charge in [-0.2, -0.15) is 0 Å². The van der Waals surface area contributed by atoms with E-state index in [2.05, 4.69) is 17.6 Å². The highest BCUT2D eigenvalue weighted by atomic mass is 35.5. The van der Waals surface area contributed by atoms with Gasteiger partial charge < -0.3 is 10.6 Å². The van der Waals surface area contributed by atoms with Crippen LogP contribution in [0.2, 0.25) is 0 Å². The molecule has 16 heavy (non-hydrogen) atoms. The van der Waals surface area contributed by atoms with Gasteiger partial charge in [-0.05, 0) is 18.8 Å². The molecule has 2 N–H and O–H groups in total. The zero-order valence-electron chi connectivity index (χ0n) is 9.59. The third-order valence-corrected chi connectivity index (χ3v) is 3.20. The first-order valence-corrected chi connectivity index (χ1v) is 6.33. The lowest BCUT2D eigenvalue weighted by Crippen LogP contribution is -2.48. The molecule has 5 heteroatoms. The molecule has 2 atom stereocenters. The van der Waals surface area contributed by atoms with E-state index in [1.54, 1.807) is 0 Å². The highest BCUT2D eigenvalue weighted by molar-refractivity contribution is 6.35. The van der Waals surface area contributed by atoms with Crippen molar-refractivity contribution in [1.29, 1.82) is 0 Å². The fourth-order valence-electron chi connectivity index (χ4n) is 2.01. The average Bonchev–Trinajstić information content (AvgIpc) is 2.28. The SMILES string of the molecule is CC1CCCCC1NC(=O)C(=O)NCCCl. The maximum Gasteiger partial charge on any atom is 0.309 e. The first-order valence-electron chi connectivity index (χ1n) is 5.79. The Hall–Kier alpha value is -0.770. The summed E-state index contributed by atoms with van der Waals surface area (Å²) in [7, 11) is 0. The van der Waals surface area contributed by atoms with Crippen molar-refractivity contribution >= 4 is 23.4 Å². The Morgan fingerprint density at radius 2 is 1.94 bits per heavy atom. The molecule has 2 amide bonds. The summed E-state index contributed by atoms with van der Waals surface area (Å²) in [6, 6.07) is 0.142. The number of hydrogen-bond donors (Lipinski definition) is 2. The van der Waals surface area contributed by atoms with Crippen LogP contribution in [0.1, 0.15) is 32.6 Å².